The van der Waals surface area contributed by atoms with Crippen LogP contribution in [0.4, 0.5) is 0 Å². The van der Waals surface area contributed by atoms with Gasteiger partial charge in [0.1, 0.15) is 0 Å². The minimum Gasteiger partial charge on any atom is -0.469 e. The molecule has 0 spiro atoms. The maximum absolute atomic E-state index is 11.9. The number of benzene rings is 1. The first-order chi connectivity index (χ1) is 8.84. The van der Waals surface area contributed by atoms with E-state index in [1.54, 1.807) is 0 Å². The number of hydrogen-bond donors (Lipinski definition) is 0. The van der Waals surface area contributed by atoms with E-state index < -0.39 is 20.6 Å². The van der Waals surface area contributed by atoms with Crippen molar-refractivity contribution in [2.45, 2.75) is 22.6 Å². The molecule has 0 aliphatic carbocycles. The summed E-state index contributed by atoms with van der Waals surface area (Å²) in [5.74, 6) is 0.0114. The monoisotopic (exact) mass is 304 g/mol. The number of rotatable bonds is 6. The van der Waals surface area contributed by atoms with Gasteiger partial charge >= 0.3 is 5.97 Å². The van der Waals surface area contributed by atoms with Gasteiger partial charge in [-0.15, -0.1) is 0 Å². The zero-order valence-electron chi connectivity index (χ0n) is 10.8. The van der Waals surface area contributed by atoms with E-state index in [9.17, 15) is 17.4 Å². The molecule has 0 radical (unpaired) electrons. The summed E-state index contributed by atoms with van der Waals surface area (Å²) in [6.07, 6.45) is 1.81. The van der Waals surface area contributed by atoms with Gasteiger partial charge in [0.15, 0.2) is 9.84 Å². The fourth-order valence-corrected chi connectivity index (χ4v) is 3.12. The zero-order valence-corrected chi connectivity index (χ0v) is 12.4. The quantitative estimate of drug-likeness (QED) is 0.737. The lowest BCUT2D eigenvalue weighted by Gasteiger charge is -2.03. The number of hydrogen-bond acceptors (Lipinski definition) is 5. The summed E-state index contributed by atoms with van der Waals surface area (Å²) in [6, 6.07) is 5.93. The molecule has 0 aliphatic rings. The van der Waals surface area contributed by atoms with Crippen LogP contribution < -0.4 is 0 Å². The Labute approximate surface area is 115 Å². The molecule has 0 aliphatic heterocycles. The molecule has 19 heavy (non-hydrogen) atoms. The van der Waals surface area contributed by atoms with Gasteiger partial charge in [0.2, 0.25) is 0 Å². The number of ether oxygens (including phenoxy) is 1. The van der Waals surface area contributed by atoms with Crippen LogP contribution in [0.15, 0.2) is 34.1 Å². The van der Waals surface area contributed by atoms with Gasteiger partial charge in [0.25, 0.3) is 0 Å². The van der Waals surface area contributed by atoms with Crippen molar-refractivity contribution in [3.05, 3.63) is 24.3 Å². The fraction of sp³-hybridized carbons (Fsp3) is 0.417. The van der Waals surface area contributed by atoms with E-state index in [1.165, 1.54) is 31.4 Å². The maximum Gasteiger partial charge on any atom is 0.305 e. The molecule has 1 aromatic rings. The molecule has 0 heterocycles. The van der Waals surface area contributed by atoms with Gasteiger partial charge in [-0.05, 0) is 30.7 Å². The minimum atomic E-state index is -3.24. The van der Waals surface area contributed by atoms with E-state index in [1.807, 2.05) is 0 Å². The smallest absolute Gasteiger partial charge is 0.305 e. The Kier molecular flexibility index (Phi) is 5.68. The Morgan fingerprint density at radius 3 is 2.32 bits per heavy atom. The Hall–Kier alpha value is -1.21. The van der Waals surface area contributed by atoms with Crippen molar-refractivity contribution < 1.29 is 22.2 Å². The molecule has 0 amide bonds. The van der Waals surface area contributed by atoms with Crippen molar-refractivity contribution in [2.24, 2.45) is 0 Å². The molecule has 1 atom stereocenters. The SMILES string of the molecule is COC(=O)CCCS(=O)c1ccc(S(C)(=O)=O)cc1. The first-order valence-electron chi connectivity index (χ1n) is 5.60. The topological polar surface area (TPSA) is 77.5 Å². The highest BCUT2D eigenvalue weighted by molar-refractivity contribution is 7.90. The summed E-state index contributed by atoms with van der Waals surface area (Å²) < 4.78 is 38.9. The zero-order chi connectivity index (χ0) is 14.5. The van der Waals surface area contributed by atoms with E-state index in [4.69, 9.17) is 0 Å². The van der Waals surface area contributed by atoms with Gasteiger partial charge in [-0.2, -0.15) is 0 Å². The van der Waals surface area contributed by atoms with Crippen molar-refractivity contribution in [1.29, 1.82) is 0 Å². The first-order valence-corrected chi connectivity index (χ1v) is 8.81. The van der Waals surface area contributed by atoms with E-state index >= 15 is 0 Å². The van der Waals surface area contributed by atoms with E-state index in [0.29, 0.717) is 17.1 Å². The first kappa shape index (κ1) is 15.8. The maximum atomic E-state index is 11.9. The van der Waals surface area contributed by atoms with Crippen molar-refractivity contribution >= 4 is 26.6 Å². The predicted octanol–water partition coefficient (Wildman–Crippen LogP) is 1.15. The van der Waals surface area contributed by atoms with Gasteiger partial charge < -0.3 is 4.74 Å². The summed E-state index contributed by atoms with van der Waals surface area (Å²) >= 11 is 0. The lowest BCUT2D eigenvalue weighted by atomic mass is 10.3. The molecule has 5 nitrogen and oxygen atoms in total. The second kappa shape index (κ2) is 6.81. The molecule has 1 aromatic carbocycles. The van der Waals surface area contributed by atoms with Crippen molar-refractivity contribution in [1.82, 2.24) is 0 Å². The Morgan fingerprint density at radius 2 is 1.84 bits per heavy atom. The van der Waals surface area contributed by atoms with Crippen LogP contribution >= 0.6 is 0 Å². The highest BCUT2D eigenvalue weighted by Gasteiger charge is 2.09. The van der Waals surface area contributed by atoms with E-state index in [-0.39, 0.29) is 17.3 Å². The summed E-state index contributed by atoms with van der Waals surface area (Å²) in [5, 5.41) is 0. The molecule has 106 valence electrons. The highest BCUT2D eigenvalue weighted by Crippen LogP contribution is 2.14. The van der Waals surface area contributed by atoms with Crippen LogP contribution in [-0.4, -0.2) is 37.7 Å². The number of sulfone groups is 1. The largest absolute Gasteiger partial charge is 0.469 e. The summed E-state index contributed by atoms with van der Waals surface area (Å²) in [6.45, 7) is 0. The summed E-state index contributed by atoms with van der Waals surface area (Å²) in [5.41, 5.74) is 0. The van der Waals surface area contributed by atoms with Crippen molar-refractivity contribution in [3.8, 4) is 0 Å². The molecule has 1 unspecified atom stereocenters. The lowest BCUT2D eigenvalue weighted by Crippen LogP contribution is -2.05. The molecular weight excluding hydrogens is 288 g/mol. The molecule has 1 rings (SSSR count). The number of carbonyl (C=O) groups excluding carboxylic acids is 1. The average Bonchev–Trinajstić information content (AvgIpc) is 2.37. The molecular formula is C12H16O5S2. The molecule has 0 bridgehead atoms. The van der Waals surface area contributed by atoms with Crippen molar-refractivity contribution in [3.63, 3.8) is 0 Å². The number of methoxy groups -OCH3 is 1. The number of esters is 1. The van der Waals surface area contributed by atoms with Gasteiger partial charge in [-0.25, -0.2) is 8.42 Å². The van der Waals surface area contributed by atoms with Crippen LogP contribution in [0.5, 0.6) is 0 Å². The van der Waals surface area contributed by atoms with E-state index in [0.717, 1.165) is 6.26 Å². The highest BCUT2D eigenvalue weighted by atomic mass is 32.2. The molecule has 0 N–H and O–H groups in total. The third kappa shape index (κ3) is 5.12. The normalized spacial score (nSPS) is 12.9. The molecule has 0 fully saturated rings. The fourth-order valence-electron chi connectivity index (χ4n) is 1.41. The van der Waals surface area contributed by atoms with Crippen LogP contribution in [0.2, 0.25) is 0 Å². The standard InChI is InChI=1S/C12H16O5S2/c1-17-12(13)4-3-9-18(14)10-5-7-11(8-6-10)19(2,15)16/h5-8H,3-4,9H2,1-2H3. The van der Waals surface area contributed by atoms with Crippen LogP contribution in [-0.2, 0) is 30.2 Å². The Morgan fingerprint density at radius 1 is 1.26 bits per heavy atom. The molecule has 0 saturated carbocycles. The van der Waals surface area contributed by atoms with E-state index in [2.05, 4.69) is 4.74 Å². The predicted molar refractivity (Wildman–Crippen MR) is 72.1 cm³/mol. The minimum absolute atomic E-state index is 0.197. The molecule has 0 aromatic heterocycles. The number of carbonyl (C=O) groups is 1. The third-order valence-electron chi connectivity index (χ3n) is 2.45. The Balaban J connectivity index is 2.61. The van der Waals surface area contributed by atoms with Crippen molar-refractivity contribution in [2.75, 3.05) is 19.1 Å². The van der Waals surface area contributed by atoms with Crippen LogP contribution in [0.3, 0.4) is 0 Å². The van der Waals surface area contributed by atoms with Crippen LogP contribution in [0.25, 0.3) is 0 Å². The molecule has 0 saturated heterocycles. The average molecular weight is 304 g/mol. The van der Waals surface area contributed by atoms with Gasteiger partial charge in [0, 0.05) is 23.3 Å². The van der Waals surface area contributed by atoms with Gasteiger partial charge in [-0.3, -0.25) is 9.00 Å². The second-order valence-corrected chi connectivity index (χ2v) is 7.56. The lowest BCUT2D eigenvalue weighted by molar-refractivity contribution is -0.140. The Bertz CT molecular complexity index is 560. The third-order valence-corrected chi connectivity index (χ3v) is 5.04. The van der Waals surface area contributed by atoms with Crippen LogP contribution in [0, 0.1) is 0 Å². The summed E-state index contributed by atoms with van der Waals surface area (Å²) in [7, 11) is -3.17. The summed E-state index contributed by atoms with van der Waals surface area (Å²) in [4.78, 5) is 11.6. The second-order valence-electron chi connectivity index (χ2n) is 3.97. The van der Waals surface area contributed by atoms with Gasteiger partial charge in [0.05, 0.1) is 22.8 Å². The van der Waals surface area contributed by atoms with Gasteiger partial charge in [-0.1, -0.05) is 0 Å². The molecule has 7 heteroatoms. The van der Waals surface area contributed by atoms with Crippen LogP contribution in [0.1, 0.15) is 12.8 Å².